The van der Waals surface area contributed by atoms with Crippen LogP contribution >= 0.6 is 11.6 Å². The number of methoxy groups -OCH3 is 1. The van der Waals surface area contributed by atoms with Crippen molar-refractivity contribution in [2.45, 2.75) is 66.5 Å². The van der Waals surface area contributed by atoms with Crippen molar-refractivity contribution in [3.05, 3.63) is 64.7 Å². The largest absolute Gasteiger partial charge is 0.378 e. The van der Waals surface area contributed by atoms with E-state index in [1.165, 1.54) is 0 Å². The third-order valence-corrected chi connectivity index (χ3v) is 5.61. The number of aromatic nitrogens is 6. The zero-order valence-corrected chi connectivity index (χ0v) is 21.7. The van der Waals surface area contributed by atoms with Crippen LogP contribution in [-0.2, 0) is 24.3 Å². The van der Waals surface area contributed by atoms with Gasteiger partial charge in [0.1, 0.15) is 5.82 Å². The summed E-state index contributed by atoms with van der Waals surface area (Å²) >= 11 is 6.46. The summed E-state index contributed by atoms with van der Waals surface area (Å²) in [7, 11) is 1.69. The molecule has 0 aliphatic rings. The maximum Gasteiger partial charge on any atom is 0.205 e. The Kier molecular flexibility index (Phi) is 12.3. The fraction of sp³-hybridized carbons (Fsp3) is 0.462. The second kappa shape index (κ2) is 15.2. The number of imidazole rings is 1. The average Bonchev–Trinajstić information content (AvgIpc) is 3.49. The predicted octanol–water partition coefficient (Wildman–Crippen LogP) is 6.53. The molecule has 0 fully saturated rings. The topological polar surface area (TPSA) is 81.5 Å². The number of allylic oxidation sites excluding steroid dienone is 3. The molecule has 0 saturated carbocycles. The zero-order valence-electron chi connectivity index (χ0n) is 21.0. The minimum absolute atomic E-state index is 0.301. The first-order valence-electron chi connectivity index (χ1n) is 12.0. The molecule has 1 aromatic carbocycles. The van der Waals surface area contributed by atoms with Gasteiger partial charge in [-0.3, -0.25) is 0 Å². The molecule has 1 unspecified atom stereocenters. The van der Waals surface area contributed by atoms with Gasteiger partial charge in [-0.25, -0.2) is 4.98 Å². The normalized spacial score (nSPS) is 12.3. The molecule has 7 nitrogen and oxygen atoms in total. The number of ether oxygens (including phenoxy) is 1. The van der Waals surface area contributed by atoms with Crippen molar-refractivity contribution >= 4 is 17.7 Å². The van der Waals surface area contributed by atoms with E-state index in [-0.39, 0.29) is 0 Å². The van der Waals surface area contributed by atoms with E-state index < -0.39 is 0 Å². The molecule has 34 heavy (non-hydrogen) atoms. The van der Waals surface area contributed by atoms with Crippen molar-refractivity contribution in [1.29, 1.82) is 0 Å². The molecule has 3 aromatic rings. The molecule has 2 aromatic heterocycles. The smallest absolute Gasteiger partial charge is 0.205 e. The van der Waals surface area contributed by atoms with Crippen molar-refractivity contribution in [2.75, 3.05) is 7.11 Å². The summed E-state index contributed by atoms with van der Waals surface area (Å²) in [5, 5.41) is 15.0. The summed E-state index contributed by atoms with van der Waals surface area (Å²) in [6, 6.07) is 8.04. The van der Waals surface area contributed by atoms with Gasteiger partial charge in [-0.2, -0.15) is 5.21 Å². The number of hydrogen-bond acceptors (Lipinski definition) is 5. The lowest BCUT2D eigenvalue weighted by Crippen LogP contribution is -2.14. The van der Waals surface area contributed by atoms with Crippen LogP contribution in [0.4, 0.5) is 0 Å². The minimum atomic E-state index is 0.301. The molecule has 184 valence electrons. The van der Waals surface area contributed by atoms with E-state index in [1.54, 1.807) is 7.11 Å². The highest BCUT2D eigenvalue weighted by Gasteiger charge is 2.18. The third kappa shape index (κ3) is 7.64. The first-order valence-corrected chi connectivity index (χ1v) is 12.4. The molecule has 2 heterocycles. The molecular formula is C26H37ClN6O. The molecule has 1 N–H and O–H groups in total. The van der Waals surface area contributed by atoms with Crippen LogP contribution in [0.25, 0.3) is 17.5 Å². The van der Waals surface area contributed by atoms with Crippen LogP contribution in [-0.4, -0.2) is 37.3 Å². The van der Waals surface area contributed by atoms with Crippen molar-refractivity contribution in [1.82, 2.24) is 30.2 Å². The Hall–Kier alpha value is -2.77. The van der Waals surface area contributed by atoms with E-state index in [9.17, 15) is 0 Å². The van der Waals surface area contributed by atoms with E-state index >= 15 is 0 Å². The molecule has 0 amide bonds. The summed E-state index contributed by atoms with van der Waals surface area (Å²) in [5.41, 5.74) is 2.95. The summed E-state index contributed by atoms with van der Waals surface area (Å²) in [6.07, 6.45) is 12.7. The summed E-state index contributed by atoms with van der Waals surface area (Å²) < 4.78 is 7.64. The average molecular weight is 485 g/mol. The Morgan fingerprint density at radius 2 is 2.03 bits per heavy atom. The first-order chi connectivity index (χ1) is 16.7. The van der Waals surface area contributed by atoms with Gasteiger partial charge in [-0.1, -0.05) is 87.4 Å². The molecule has 0 aliphatic heterocycles. The Balaban J connectivity index is 0.00000199. The van der Waals surface area contributed by atoms with Gasteiger partial charge in [0, 0.05) is 25.6 Å². The van der Waals surface area contributed by atoms with Crippen molar-refractivity contribution in [2.24, 2.45) is 5.92 Å². The van der Waals surface area contributed by atoms with Gasteiger partial charge in [-0.05, 0) is 36.5 Å². The Labute approximate surface area is 208 Å². The highest BCUT2D eigenvalue weighted by molar-refractivity contribution is 6.30. The van der Waals surface area contributed by atoms with Crippen LogP contribution in [0.2, 0.25) is 5.15 Å². The highest BCUT2D eigenvalue weighted by Crippen LogP contribution is 2.24. The number of rotatable bonds is 12. The van der Waals surface area contributed by atoms with Gasteiger partial charge in [0.25, 0.3) is 0 Å². The van der Waals surface area contributed by atoms with Crippen LogP contribution < -0.4 is 0 Å². The third-order valence-electron chi connectivity index (χ3n) is 5.30. The number of H-pyrrole nitrogens is 1. The number of nitrogens with zero attached hydrogens (tertiary/aromatic N) is 5. The van der Waals surface area contributed by atoms with Crippen LogP contribution in [0.15, 0.2) is 42.5 Å². The molecule has 0 saturated heterocycles. The Morgan fingerprint density at radius 3 is 2.71 bits per heavy atom. The summed E-state index contributed by atoms with van der Waals surface area (Å²) in [5.74, 6) is 1.92. The van der Waals surface area contributed by atoms with Gasteiger partial charge >= 0.3 is 0 Å². The first kappa shape index (κ1) is 27.5. The van der Waals surface area contributed by atoms with E-state index in [2.05, 4.69) is 74.4 Å². The number of tetrazole rings is 1. The van der Waals surface area contributed by atoms with Gasteiger partial charge in [0.2, 0.25) is 5.82 Å². The fourth-order valence-corrected chi connectivity index (χ4v) is 3.99. The van der Waals surface area contributed by atoms with E-state index in [0.29, 0.717) is 23.5 Å². The molecule has 1 atom stereocenters. The second-order valence-electron chi connectivity index (χ2n) is 7.66. The minimum Gasteiger partial charge on any atom is -0.378 e. The lowest BCUT2D eigenvalue weighted by Gasteiger charge is -2.17. The monoisotopic (exact) mass is 484 g/mol. The number of aryl methyl sites for hydroxylation is 1. The molecular weight excluding hydrogens is 448 g/mol. The number of unbranched alkanes of at least 4 members (excludes halogenated alkanes) is 1. The van der Waals surface area contributed by atoms with Crippen LogP contribution in [0.5, 0.6) is 0 Å². The van der Waals surface area contributed by atoms with Crippen molar-refractivity contribution in [3.63, 3.8) is 0 Å². The van der Waals surface area contributed by atoms with Gasteiger partial charge in [-0.15, -0.1) is 10.2 Å². The van der Waals surface area contributed by atoms with Crippen LogP contribution in [0.1, 0.15) is 64.0 Å². The maximum absolute atomic E-state index is 6.46. The quantitative estimate of drug-likeness (QED) is 0.295. The van der Waals surface area contributed by atoms with E-state index in [1.807, 2.05) is 32.0 Å². The summed E-state index contributed by atoms with van der Waals surface area (Å²) in [4.78, 5) is 4.63. The molecule has 0 aliphatic carbocycles. The Bertz CT molecular complexity index is 1030. The standard InChI is InChI=1S/C24H31ClN6O.C2H6/c1-4-6-15-22-26-23(25)21(17-32-3)31(22)16-18(10-5-2)11-9-13-19-12-7-8-14-20(19)24-27-29-30-28-24;1-2/h5,7-10,12-14,18H,4,6,11,15-17H2,1-3H3,(H,27,28,29,30);1-2H3/b10-5-,13-9+;. The fourth-order valence-electron chi connectivity index (χ4n) is 3.73. The lowest BCUT2D eigenvalue weighted by molar-refractivity contribution is 0.177. The Morgan fingerprint density at radius 1 is 1.24 bits per heavy atom. The second-order valence-corrected chi connectivity index (χ2v) is 8.02. The molecule has 0 spiro atoms. The van der Waals surface area contributed by atoms with E-state index in [4.69, 9.17) is 16.3 Å². The summed E-state index contributed by atoms with van der Waals surface area (Å²) in [6.45, 7) is 9.50. The zero-order chi connectivity index (χ0) is 24.8. The van der Waals surface area contributed by atoms with Crippen LogP contribution in [0, 0.1) is 5.92 Å². The molecule has 8 heteroatoms. The predicted molar refractivity (Wildman–Crippen MR) is 139 cm³/mol. The van der Waals surface area contributed by atoms with Gasteiger partial charge < -0.3 is 9.30 Å². The van der Waals surface area contributed by atoms with Crippen molar-refractivity contribution in [3.8, 4) is 11.4 Å². The SMILES string of the molecule is C/C=C\C(C/C=C/c1ccccc1-c1nn[nH]n1)Cn1c(CCCC)nc(Cl)c1COC.CC. The maximum atomic E-state index is 6.46. The molecule has 0 bridgehead atoms. The van der Waals surface area contributed by atoms with E-state index in [0.717, 1.165) is 54.9 Å². The highest BCUT2D eigenvalue weighted by atomic mass is 35.5. The lowest BCUT2D eigenvalue weighted by atomic mass is 10.0. The number of hydrogen-bond donors (Lipinski definition) is 1. The van der Waals surface area contributed by atoms with Gasteiger partial charge in [0.05, 0.1) is 12.3 Å². The van der Waals surface area contributed by atoms with Gasteiger partial charge in [0.15, 0.2) is 5.15 Å². The number of aromatic amines is 1. The number of halogens is 1. The van der Waals surface area contributed by atoms with Crippen molar-refractivity contribution < 1.29 is 4.74 Å². The number of benzene rings is 1. The molecule has 0 radical (unpaired) electrons. The van der Waals surface area contributed by atoms with Crippen LogP contribution in [0.3, 0.4) is 0 Å². The molecule has 3 rings (SSSR count). The number of nitrogens with one attached hydrogen (secondary N) is 1.